The van der Waals surface area contributed by atoms with Crippen LogP contribution in [0.1, 0.15) is 43.9 Å². The molecule has 1 N–H and O–H groups in total. The van der Waals surface area contributed by atoms with Crippen molar-refractivity contribution in [1.29, 1.82) is 0 Å². The monoisotopic (exact) mass is 349 g/mol. The first-order valence-electron chi connectivity index (χ1n) is 8.75. The number of hydrogen-bond donors (Lipinski definition) is 1. The van der Waals surface area contributed by atoms with E-state index in [1.54, 1.807) is 0 Å². The summed E-state index contributed by atoms with van der Waals surface area (Å²) < 4.78 is 0. The SMILES string of the molecule is CC(C)c1ccc(-c2nnn(CC(=O)NC(C)c3ccccc3)n2)cc1. The van der Waals surface area contributed by atoms with E-state index in [0.29, 0.717) is 11.7 Å². The maximum absolute atomic E-state index is 12.2. The lowest BCUT2D eigenvalue weighted by Crippen LogP contribution is -2.30. The summed E-state index contributed by atoms with van der Waals surface area (Å²) in [4.78, 5) is 13.5. The Labute approximate surface area is 153 Å². The molecule has 26 heavy (non-hydrogen) atoms. The minimum atomic E-state index is -0.152. The summed E-state index contributed by atoms with van der Waals surface area (Å²) in [6.07, 6.45) is 0. The molecular weight excluding hydrogens is 326 g/mol. The Bertz CT molecular complexity index is 855. The number of nitrogens with zero attached hydrogens (tertiary/aromatic N) is 4. The standard InChI is InChI=1S/C20H23N5O/c1-14(2)16-9-11-18(12-10-16)20-22-24-25(23-20)13-19(26)21-15(3)17-7-5-4-6-8-17/h4-12,14-15H,13H2,1-3H3,(H,21,26). The van der Waals surface area contributed by atoms with Crippen LogP contribution in [-0.2, 0) is 11.3 Å². The van der Waals surface area contributed by atoms with Crippen LogP contribution in [0.3, 0.4) is 0 Å². The van der Waals surface area contributed by atoms with E-state index in [1.165, 1.54) is 10.4 Å². The number of carbonyl (C=O) groups excluding carboxylic acids is 1. The zero-order valence-electron chi connectivity index (χ0n) is 15.3. The highest BCUT2D eigenvalue weighted by Crippen LogP contribution is 2.19. The van der Waals surface area contributed by atoms with E-state index in [2.05, 4.69) is 46.7 Å². The molecule has 0 aliphatic rings. The first-order chi connectivity index (χ1) is 12.5. The fraction of sp³-hybridized carbons (Fsp3) is 0.300. The van der Waals surface area contributed by atoms with Gasteiger partial charge in [0.25, 0.3) is 0 Å². The van der Waals surface area contributed by atoms with E-state index in [1.807, 2.05) is 49.4 Å². The molecule has 0 saturated heterocycles. The molecule has 0 bridgehead atoms. The Morgan fingerprint density at radius 3 is 2.35 bits per heavy atom. The predicted octanol–water partition coefficient (Wildman–Crippen LogP) is 3.34. The van der Waals surface area contributed by atoms with Gasteiger partial charge in [-0.2, -0.15) is 4.80 Å². The van der Waals surface area contributed by atoms with Gasteiger partial charge in [0.2, 0.25) is 11.7 Å². The predicted molar refractivity (Wildman–Crippen MR) is 100 cm³/mol. The number of aromatic nitrogens is 4. The molecule has 0 spiro atoms. The lowest BCUT2D eigenvalue weighted by molar-refractivity contribution is -0.122. The largest absolute Gasteiger partial charge is 0.348 e. The Kier molecular flexibility index (Phi) is 5.41. The van der Waals surface area contributed by atoms with Crippen LogP contribution in [0.25, 0.3) is 11.4 Å². The molecule has 0 saturated carbocycles. The van der Waals surface area contributed by atoms with Crippen LogP contribution < -0.4 is 5.32 Å². The Morgan fingerprint density at radius 2 is 1.69 bits per heavy atom. The third kappa shape index (κ3) is 4.33. The summed E-state index contributed by atoms with van der Waals surface area (Å²) in [5.41, 5.74) is 3.20. The summed E-state index contributed by atoms with van der Waals surface area (Å²) in [5.74, 6) is 0.840. The molecule has 0 aliphatic heterocycles. The lowest BCUT2D eigenvalue weighted by atomic mass is 10.0. The summed E-state index contributed by atoms with van der Waals surface area (Å²) in [5, 5.41) is 15.3. The number of rotatable bonds is 6. The van der Waals surface area contributed by atoms with Crippen molar-refractivity contribution >= 4 is 5.91 Å². The van der Waals surface area contributed by atoms with Crippen molar-refractivity contribution in [2.45, 2.75) is 39.3 Å². The molecular formula is C20H23N5O. The smallest absolute Gasteiger partial charge is 0.244 e. The van der Waals surface area contributed by atoms with Crippen molar-refractivity contribution in [2.24, 2.45) is 0 Å². The normalized spacial score (nSPS) is 12.2. The highest BCUT2D eigenvalue weighted by Gasteiger charge is 2.12. The molecule has 1 atom stereocenters. The van der Waals surface area contributed by atoms with Crippen LogP contribution >= 0.6 is 0 Å². The van der Waals surface area contributed by atoms with Gasteiger partial charge in [-0.25, -0.2) is 0 Å². The quantitative estimate of drug-likeness (QED) is 0.741. The maximum atomic E-state index is 12.2. The van der Waals surface area contributed by atoms with Gasteiger partial charge in [0.15, 0.2) is 0 Å². The summed E-state index contributed by atoms with van der Waals surface area (Å²) >= 11 is 0. The summed E-state index contributed by atoms with van der Waals surface area (Å²) in [6, 6.07) is 17.8. The van der Waals surface area contributed by atoms with Gasteiger partial charge in [0.1, 0.15) is 6.54 Å². The van der Waals surface area contributed by atoms with Gasteiger partial charge in [-0.1, -0.05) is 68.4 Å². The second-order valence-electron chi connectivity index (χ2n) is 6.62. The Morgan fingerprint density at radius 1 is 1.00 bits per heavy atom. The van der Waals surface area contributed by atoms with Crippen LogP contribution in [0.5, 0.6) is 0 Å². The summed E-state index contributed by atoms with van der Waals surface area (Å²) in [7, 11) is 0. The van der Waals surface area contributed by atoms with E-state index in [4.69, 9.17) is 0 Å². The molecule has 1 unspecified atom stereocenters. The molecule has 134 valence electrons. The van der Waals surface area contributed by atoms with E-state index in [-0.39, 0.29) is 18.5 Å². The van der Waals surface area contributed by atoms with Crippen LogP contribution in [0.4, 0.5) is 0 Å². The number of nitrogens with one attached hydrogen (secondary N) is 1. The third-order valence-corrected chi connectivity index (χ3v) is 4.25. The van der Waals surface area contributed by atoms with Crippen LogP contribution in [0.15, 0.2) is 54.6 Å². The van der Waals surface area contributed by atoms with Crippen molar-refractivity contribution in [3.05, 3.63) is 65.7 Å². The van der Waals surface area contributed by atoms with E-state index >= 15 is 0 Å². The average Bonchev–Trinajstić information content (AvgIpc) is 3.10. The zero-order valence-corrected chi connectivity index (χ0v) is 15.3. The molecule has 6 nitrogen and oxygen atoms in total. The highest BCUT2D eigenvalue weighted by molar-refractivity contribution is 5.76. The number of benzene rings is 2. The molecule has 2 aromatic carbocycles. The molecule has 3 rings (SSSR count). The zero-order chi connectivity index (χ0) is 18.5. The van der Waals surface area contributed by atoms with Gasteiger partial charge >= 0.3 is 0 Å². The molecule has 6 heteroatoms. The van der Waals surface area contributed by atoms with Gasteiger partial charge < -0.3 is 5.32 Å². The Hall–Kier alpha value is -3.02. The fourth-order valence-electron chi connectivity index (χ4n) is 2.68. The second-order valence-corrected chi connectivity index (χ2v) is 6.62. The molecule has 1 heterocycles. The van der Waals surface area contributed by atoms with Crippen LogP contribution in [-0.4, -0.2) is 26.1 Å². The van der Waals surface area contributed by atoms with Crippen molar-refractivity contribution in [1.82, 2.24) is 25.5 Å². The van der Waals surface area contributed by atoms with Gasteiger partial charge in [0.05, 0.1) is 6.04 Å². The van der Waals surface area contributed by atoms with Gasteiger partial charge in [-0.15, -0.1) is 10.2 Å². The molecule has 1 aromatic heterocycles. The number of hydrogen-bond acceptors (Lipinski definition) is 4. The molecule has 3 aromatic rings. The number of carbonyl (C=O) groups is 1. The van der Waals surface area contributed by atoms with Crippen molar-refractivity contribution in [2.75, 3.05) is 0 Å². The minimum absolute atomic E-state index is 0.0360. The minimum Gasteiger partial charge on any atom is -0.348 e. The van der Waals surface area contributed by atoms with Gasteiger partial charge in [-0.05, 0) is 29.2 Å². The topological polar surface area (TPSA) is 72.7 Å². The fourth-order valence-corrected chi connectivity index (χ4v) is 2.68. The van der Waals surface area contributed by atoms with E-state index in [0.717, 1.165) is 11.1 Å². The van der Waals surface area contributed by atoms with Gasteiger partial charge in [-0.3, -0.25) is 4.79 Å². The summed E-state index contributed by atoms with van der Waals surface area (Å²) in [6.45, 7) is 6.29. The molecule has 0 aliphatic carbocycles. The second kappa shape index (κ2) is 7.91. The highest BCUT2D eigenvalue weighted by atomic mass is 16.2. The third-order valence-electron chi connectivity index (χ3n) is 4.25. The maximum Gasteiger partial charge on any atom is 0.244 e. The number of tetrazole rings is 1. The molecule has 1 amide bonds. The van der Waals surface area contributed by atoms with Crippen molar-refractivity contribution < 1.29 is 4.79 Å². The molecule has 0 radical (unpaired) electrons. The van der Waals surface area contributed by atoms with E-state index < -0.39 is 0 Å². The average molecular weight is 349 g/mol. The lowest BCUT2D eigenvalue weighted by Gasteiger charge is -2.13. The van der Waals surface area contributed by atoms with E-state index in [9.17, 15) is 4.79 Å². The van der Waals surface area contributed by atoms with Crippen LogP contribution in [0.2, 0.25) is 0 Å². The van der Waals surface area contributed by atoms with Crippen LogP contribution in [0, 0.1) is 0 Å². The first kappa shape index (κ1) is 17.8. The van der Waals surface area contributed by atoms with Crippen molar-refractivity contribution in [3.8, 4) is 11.4 Å². The Balaban J connectivity index is 1.62. The molecule has 0 fully saturated rings. The van der Waals surface area contributed by atoms with Crippen molar-refractivity contribution in [3.63, 3.8) is 0 Å². The number of amides is 1. The first-order valence-corrected chi connectivity index (χ1v) is 8.75. The van der Waals surface area contributed by atoms with Gasteiger partial charge in [0, 0.05) is 5.56 Å².